The number of amides is 8. The van der Waals surface area contributed by atoms with E-state index in [4.69, 9.17) is 27.5 Å². The number of aromatic nitrogens is 4. The van der Waals surface area contributed by atoms with Crippen molar-refractivity contribution in [3.8, 4) is 30.1 Å². The van der Waals surface area contributed by atoms with Gasteiger partial charge in [0.2, 0.25) is 0 Å². The van der Waals surface area contributed by atoms with Gasteiger partial charge >= 0.3 is 35.5 Å². The van der Waals surface area contributed by atoms with Gasteiger partial charge in [-0.25, -0.2) is 48.9 Å². The van der Waals surface area contributed by atoms with E-state index in [1.165, 1.54) is 63.3 Å². The Bertz CT molecular complexity index is 2460. The SMILES string of the molecule is C#Cc1cccc(NC(=O)N2CCC3(CC2)NC(=O)N(c2cnc(OC)nc2)C3=O)c1.COc1ncc(N2C(=O)NC3(CCNCC3)C2=O)cn1.O=C(Cl)Oc1ccc([N+](=O)[O-])cc1. The number of hydrogen-bond acceptors (Lipinski definition) is 16. The molecule has 2 spiro atoms. The standard InChI is InChI=1S/C21H20N6O4.C12H15N5O3.C7H4ClNO4/c1-3-14-5-4-6-15(11-14)24-19(29)26-9-7-21(8-10-26)17(28)27(20(30)25-21)16-12-22-18(31-2)23-13-16;1-20-10-14-6-8(7-15-10)17-9(18)12(16-11(17)19)2-4-13-5-3-12;8-7(10)13-6-3-1-5(2-4-6)9(11)12/h1,4-6,11-13H,7-10H2,2H3,(H,24,29)(H,25,30);6-7,13H,2-5H2,1H3,(H,16,19);1-4H. The van der Waals surface area contributed by atoms with Gasteiger partial charge < -0.3 is 40.4 Å². The first-order valence-corrected chi connectivity index (χ1v) is 19.6. The molecule has 0 radical (unpaired) electrons. The molecule has 8 rings (SSSR count). The number of benzene rings is 2. The Morgan fingerprint density at radius 2 is 1.31 bits per heavy atom. The number of methoxy groups -OCH3 is 2. The highest BCUT2D eigenvalue weighted by molar-refractivity contribution is 6.61. The second-order valence-electron chi connectivity index (χ2n) is 14.1. The Morgan fingerprint density at radius 3 is 1.77 bits per heavy atom. The van der Waals surface area contributed by atoms with Crippen molar-refractivity contribution in [3.63, 3.8) is 0 Å². The Kier molecular flexibility index (Phi) is 14.1. The van der Waals surface area contributed by atoms with Crippen LogP contribution in [0.3, 0.4) is 0 Å². The highest BCUT2D eigenvalue weighted by Crippen LogP contribution is 2.33. The maximum absolute atomic E-state index is 13.1. The van der Waals surface area contributed by atoms with E-state index in [0.29, 0.717) is 68.8 Å². The average molecular weight is 899 g/mol. The summed E-state index contributed by atoms with van der Waals surface area (Å²) in [5, 5.41) is 21.8. The summed E-state index contributed by atoms with van der Waals surface area (Å²) in [6.07, 6.45) is 12.7. The molecule has 0 bridgehead atoms. The summed E-state index contributed by atoms with van der Waals surface area (Å²) >= 11 is 4.92. The van der Waals surface area contributed by atoms with Crippen LogP contribution in [0.1, 0.15) is 31.2 Å². The van der Waals surface area contributed by atoms with Gasteiger partial charge in [-0.05, 0) is 69.1 Å². The van der Waals surface area contributed by atoms with Crippen LogP contribution in [-0.4, -0.2) is 117 Å². The second-order valence-corrected chi connectivity index (χ2v) is 14.5. The first kappa shape index (κ1) is 45.6. The molecule has 8 amide bonds. The summed E-state index contributed by atoms with van der Waals surface area (Å²) in [5.74, 6) is 2.08. The molecule has 0 atom stereocenters. The lowest BCUT2D eigenvalue weighted by Crippen LogP contribution is -2.56. The molecular weight excluding hydrogens is 860 g/mol. The van der Waals surface area contributed by atoms with Crippen molar-refractivity contribution in [1.82, 2.24) is 40.8 Å². The van der Waals surface area contributed by atoms with Crippen molar-refractivity contribution in [2.24, 2.45) is 0 Å². The normalized spacial score (nSPS) is 16.9. The fourth-order valence-electron chi connectivity index (χ4n) is 7.01. The van der Waals surface area contributed by atoms with Crippen molar-refractivity contribution in [3.05, 3.63) is 89.0 Å². The fourth-order valence-corrected chi connectivity index (χ4v) is 7.10. The number of piperidine rings is 2. The van der Waals surface area contributed by atoms with E-state index < -0.39 is 33.5 Å². The molecule has 2 aromatic carbocycles. The molecule has 4 N–H and O–H groups in total. The molecule has 4 fully saturated rings. The zero-order valence-corrected chi connectivity index (χ0v) is 34.9. The van der Waals surface area contributed by atoms with Crippen molar-refractivity contribution < 1.29 is 47.9 Å². The van der Waals surface area contributed by atoms with Crippen LogP contribution in [0.4, 0.5) is 41.9 Å². The number of terminal acetylenes is 1. The summed E-state index contributed by atoms with van der Waals surface area (Å²) < 4.78 is 14.2. The number of nitrogens with one attached hydrogen (secondary N) is 4. The molecular formula is C40H39ClN12O11. The molecule has 332 valence electrons. The number of imide groups is 2. The molecule has 6 heterocycles. The van der Waals surface area contributed by atoms with Gasteiger partial charge in [0.1, 0.15) is 16.8 Å². The average Bonchev–Trinajstić information content (AvgIpc) is 3.68. The first-order chi connectivity index (χ1) is 30.7. The fraction of sp³-hybridized carbons (Fsp3) is 0.300. The minimum Gasteiger partial charge on any atom is -0.467 e. The number of halogens is 1. The molecule has 2 aromatic heterocycles. The lowest BCUT2D eigenvalue weighted by atomic mass is 9.87. The Balaban J connectivity index is 0.000000176. The monoisotopic (exact) mass is 898 g/mol. The minimum atomic E-state index is -1.06. The number of urea groups is 3. The van der Waals surface area contributed by atoms with E-state index in [2.05, 4.69) is 51.9 Å². The summed E-state index contributed by atoms with van der Waals surface area (Å²) in [4.78, 5) is 102. The smallest absolute Gasteiger partial charge is 0.409 e. The van der Waals surface area contributed by atoms with Gasteiger partial charge in [-0.1, -0.05) is 12.0 Å². The van der Waals surface area contributed by atoms with Crippen LogP contribution >= 0.6 is 11.6 Å². The summed E-state index contributed by atoms with van der Waals surface area (Å²) in [6.45, 7) is 2.03. The molecule has 0 saturated carbocycles. The number of nitro benzene ring substituents is 1. The number of likely N-dealkylation sites (tertiary alicyclic amines) is 1. The van der Waals surface area contributed by atoms with E-state index in [1.807, 2.05) is 0 Å². The third-order valence-electron chi connectivity index (χ3n) is 10.3. The maximum atomic E-state index is 13.1. The Morgan fingerprint density at radius 1 is 0.812 bits per heavy atom. The molecule has 4 aliphatic heterocycles. The third kappa shape index (κ3) is 10.2. The quantitative estimate of drug-likeness (QED) is 0.0678. The number of nitrogens with zero attached hydrogens (tertiary/aromatic N) is 8. The number of hydrogen-bond donors (Lipinski definition) is 4. The third-order valence-corrected chi connectivity index (χ3v) is 10.4. The summed E-state index contributed by atoms with van der Waals surface area (Å²) in [5.41, 5.74) is -1.03. The lowest BCUT2D eigenvalue weighted by molar-refractivity contribution is -0.384. The van der Waals surface area contributed by atoms with Gasteiger partial charge in [0.25, 0.3) is 17.5 Å². The summed E-state index contributed by atoms with van der Waals surface area (Å²) in [6, 6.07) is 11.1. The topological polar surface area (TPSA) is 283 Å². The van der Waals surface area contributed by atoms with Crippen molar-refractivity contribution >= 4 is 69.7 Å². The van der Waals surface area contributed by atoms with Gasteiger partial charge in [-0.2, -0.15) is 0 Å². The molecule has 4 saturated heterocycles. The van der Waals surface area contributed by atoms with E-state index in [9.17, 15) is 38.9 Å². The van der Waals surface area contributed by atoms with Crippen molar-refractivity contribution in [2.45, 2.75) is 36.8 Å². The van der Waals surface area contributed by atoms with E-state index in [0.717, 1.165) is 9.80 Å². The molecule has 4 aliphatic rings. The first-order valence-electron chi connectivity index (χ1n) is 19.2. The summed E-state index contributed by atoms with van der Waals surface area (Å²) in [7, 11) is 2.88. The zero-order valence-electron chi connectivity index (χ0n) is 34.1. The number of carbonyl (C=O) groups is 6. The van der Waals surface area contributed by atoms with Gasteiger partial charge in [-0.3, -0.25) is 19.7 Å². The number of non-ortho nitro benzene ring substituents is 1. The van der Waals surface area contributed by atoms with Crippen LogP contribution in [0.2, 0.25) is 0 Å². The van der Waals surface area contributed by atoms with Gasteiger partial charge in [0.15, 0.2) is 0 Å². The van der Waals surface area contributed by atoms with Crippen LogP contribution in [0.25, 0.3) is 0 Å². The largest absolute Gasteiger partial charge is 0.467 e. The number of nitro groups is 1. The van der Waals surface area contributed by atoms with Crippen LogP contribution in [0.5, 0.6) is 17.8 Å². The van der Waals surface area contributed by atoms with Gasteiger partial charge in [0.05, 0.1) is 55.3 Å². The molecule has 0 unspecified atom stereocenters. The van der Waals surface area contributed by atoms with Crippen LogP contribution < -0.4 is 45.3 Å². The predicted octanol–water partition coefficient (Wildman–Crippen LogP) is 3.59. The zero-order chi connectivity index (χ0) is 46.0. The molecule has 64 heavy (non-hydrogen) atoms. The minimum absolute atomic E-state index is 0.0747. The highest BCUT2D eigenvalue weighted by atomic mass is 35.5. The molecule has 23 nitrogen and oxygen atoms in total. The van der Waals surface area contributed by atoms with Crippen molar-refractivity contribution in [1.29, 1.82) is 0 Å². The number of ether oxygens (including phenoxy) is 3. The van der Waals surface area contributed by atoms with Gasteiger partial charge in [0, 0.05) is 48.1 Å². The Hall–Kier alpha value is -7.97. The van der Waals surface area contributed by atoms with Gasteiger partial charge in [-0.15, -0.1) is 6.42 Å². The molecule has 0 aliphatic carbocycles. The van der Waals surface area contributed by atoms with Crippen LogP contribution in [-0.2, 0) is 9.59 Å². The second kappa shape index (κ2) is 19.8. The Labute approximate surface area is 369 Å². The number of anilines is 3. The van der Waals surface area contributed by atoms with E-state index in [-0.39, 0.29) is 47.0 Å². The van der Waals surface area contributed by atoms with Crippen molar-refractivity contribution in [2.75, 3.05) is 55.5 Å². The highest BCUT2D eigenvalue weighted by Gasteiger charge is 2.54. The van der Waals surface area contributed by atoms with E-state index >= 15 is 0 Å². The van der Waals surface area contributed by atoms with Crippen LogP contribution in [0, 0.1) is 22.5 Å². The predicted molar refractivity (Wildman–Crippen MR) is 226 cm³/mol. The molecule has 4 aromatic rings. The number of carbonyl (C=O) groups excluding carboxylic acids is 6. The molecule has 24 heteroatoms. The number of rotatable bonds is 7. The van der Waals surface area contributed by atoms with Crippen LogP contribution in [0.15, 0.2) is 73.3 Å². The maximum Gasteiger partial charge on any atom is 0.409 e. The van der Waals surface area contributed by atoms with E-state index in [1.54, 1.807) is 29.2 Å². The lowest BCUT2D eigenvalue weighted by Gasteiger charge is -2.37.